The topological polar surface area (TPSA) is 12.9 Å². The number of aromatic nitrogens is 1. The summed E-state index contributed by atoms with van der Waals surface area (Å²) in [4.78, 5) is 4.17. The van der Waals surface area contributed by atoms with Crippen LogP contribution in [-0.2, 0) is 6.42 Å². The molecule has 0 N–H and O–H groups in total. The van der Waals surface area contributed by atoms with E-state index < -0.39 is 0 Å². The molecule has 50 valence electrons. The summed E-state index contributed by atoms with van der Waals surface area (Å²) in [6.45, 7) is 2.20. The van der Waals surface area contributed by atoms with Gasteiger partial charge in [-0.3, -0.25) is 0 Å². The zero-order valence-corrected chi connectivity index (χ0v) is 6.45. The molecule has 0 aromatic carbocycles. The second kappa shape index (κ2) is 3.62. The second-order valence-corrected chi connectivity index (χ2v) is 2.80. The predicted octanol–water partition coefficient (Wildman–Crippen LogP) is 2.49. The summed E-state index contributed by atoms with van der Waals surface area (Å²) < 4.78 is 0. The highest BCUT2D eigenvalue weighted by Gasteiger charge is 1.90. The van der Waals surface area contributed by atoms with E-state index >= 15 is 0 Å². The minimum atomic E-state index is 1.15. The summed E-state index contributed by atoms with van der Waals surface area (Å²) in [5.41, 5.74) is 3.15. The zero-order valence-electron chi connectivity index (χ0n) is 5.63. The van der Waals surface area contributed by atoms with Crippen molar-refractivity contribution >= 4 is 11.3 Å². The highest BCUT2D eigenvalue weighted by atomic mass is 32.1. The van der Waals surface area contributed by atoms with Crippen molar-refractivity contribution in [2.75, 3.05) is 0 Å². The van der Waals surface area contributed by atoms with E-state index in [4.69, 9.17) is 0 Å². The summed E-state index contributed by atoms with van der Waals surface area (Å²) in [5, 5.41) is 2.12. The Bertz CT molecular complexity index is 146. The zero-order chi connectivity index (χ0) is 6.53. The van der Waals surface area contributed by atoms with Crippen LogP contribution in [0.25, 0.3) is 0 Å². The van der Waals surface area contributed by atoms with Crippen molar-refractivity contribution in [1.29, 1.82) is 0 Å². The SMILES string of the molecule is CCCCc1cscn1. The smallest absolute Gasteiger partial charge is 0.0794 e. The van der Waals surface area contributed by atoms with Gasteiger partial charge in [-0.2, -0.15) is 0 Å². The van der Waals surface area contributed by atoms with Crippen LogP contribution < -0.4 is 0 Å². The molecule has 0 spiro atoms. The van der Waals surface area contributed by atoms with Crippen LogP contribution in [-0.4, -0.2) is 4.98 Å². The van der Waals surface area contributed by atoms with Gasteiger partial charge < -0.3 is 0 Å². The van der Waals surface area contributed by atoms with Crippen LogP contribution in [0.15, 0.2) is 10.9 Å². The van der Waals surface area contributed by atoms with E-state index in [9.17, 15) is 0 Å². The molecule has 0 unspecified atom stereocenters. The molecule has 0 aliphatic heterocycles. The monoisotopic (exact) mass is 141 g/mol. The lowest BCUT2D eigenvalue weighted by atomic mass is 10.2. The first kappa shape index (κ1) is 6.75. The first-order valence-electron chi connectivity index (χ1n) is 3.30. The van der Waals surface area contributed by atoms with Crippen LogP contribution in [0, 0.1) is 0 Å². The lowest BCUT2D eigenvalue weighted by molar-refractivity contribution is 0.781. The maximum Gasteiger partial charge on any atom is 0.0794 e. The summed E-state index contributed by atoms with van der Waals surface area (Å²) >= 11 is 1.68. The van der Waals surface area contributed by atoms with Crippen molar-refractivity contribution in [3.05, 3.63) is 16.6 Å². The van der Waals surface area contributed by atoms with Gasteiger partial charge in [0.2, 0.25) is 0 Å². The van der Waals surface area contributed by atoms with Gasteiger partial charge in [-0.15, -0.1) is 11.3 Å². The first-order valence-corrected chi connectivity index (χ1v) is 4.25. The molecule has 0 amide bonds. The van der Waals surface area contributed by atoms with Crippen LogP contribution in [0.5, 0.6) is 0 Å². The molecule has 2 heteroatoms. The van der Waals surface area contributed by atoms with E-state index in [0.717, 1.165) is 6.42 Å². The number of nitrogens with zero attached hydrogens (tertiary/aromatic N) is 1. The normalized spacial score (nSPS) is 9.89. The molecule has 0 aliphatic rings. The van der Waals surface area contributed by atoms with Gasteiger partial charge in [0.15, 0.2) is 0 Å². The fourth-order valence-electron chi connectivity index (χ4n) is 0.719. The molecule has 1 aromatic heterocycles. The molecule has 0 aliphatic carbocycles. The fraction of sp³-hybridized carbons (Fsp3) is 0.571. The van der Waals surface area contributed by atoms with Crippen molar-refractivity contribution in [3.63, 3.8) is 0 Å². The van der Waals surface area contributed by atoms with Crippen molar-refractivity contribution < 1.29 is 0 Å². The summed E-state index contributed by atoms with van der Waals surface area (Å²) in [6.07, 6.45) is 3.68. The molecule has 0 saturated carbocycles. The average molecular weight is 141 g/mol. The highest BCUT2D eigenvalue weighted by Crippen LogP contribution is 2.04. The first-order chi connectivity index (χ1) is 4.43. The van der Waals surface area contributed by atoms with E-state index in [1.54, 1.807) is 11.3 Å². The molecule has 0 fully saturated rings. The van der Waals surface area contributed by atoms with Gasteiger partial charge in [-0.25, -0.2) is 4.98 Å². The maximum atomic E-state index is 4.17. The Morgan fingerprint density at radius 3 is 3.11 bits per heavy atom. The minimum Gasteiger partial charge on any atom is -0.250 e. The van der Waals surface area contributed by atoms with Gasteiger partial charge in [0.05, 0.1) is 11.2 Å². The molecule has 1 nitrogen and oxygen atoms in total. The highest BCUT2D eigenvalue weighted by molar-refractivity contribution is 7.07. The molecule has 0 bridgehead atoms. The van der Waals surface area contributed by atoms with Crippen LogP contribution in [0.2, 0.25) is 0 Å². The fourth-order valence-corrected chi connectivity index (χ4v) is 1.31. The van der Waals surface area contributed by atoms with Crippen LogP contribution in [0.4, 0.5) is 0 Å². The number of thiazole rings is 1. The number of hydrogen-bond donors (Lipinski definition) is 0. The van der Waals surface area contributed by atoms with Gasteiger partial charge in [-0.1, -0.05) is 13.3 Å². The predicted molar refractivity (Wildman–Crippen MR) is 40.7 cm³/mol. The molecule has 1 rings (SSSR count). The van der Waals surface area contributed by atoms with Crippen molar-refractivity contribution in [2.24, 2.45) is 0 Å². The van der Waals surface area contributed by atoms with E-state index in [0.29, 0.717) is 0 Å². The molecule has 1 heterocycles. The van der Waals surface area contributed by atoms with E-state index in [-0.39, 0.29) is 0 Å². The van der Waals surface area contributed by atoms with Gasteiger partial charge in [-0.05, 0) is 12.8 Å². The molecule has 1 aromatic rings. The van der Waals surface area contributed by atoms with E-state index in [1.165, 1.54) is 18.5 Å². The Hall–Kier alpha value is -0.370. The third-order valence-electron chi connectivity index (χ3n) is 1.27. The molecular weight excluding hydrogens is 130 g/mol. The summed E-state index contributed by atoms with van der Waals surface area (Å²) in [5.74, 6) is 0. The number of unbranched alkanes of at least 4 members (excludes halogenated alkanes) is 1. The third-order valence-corrected chi connectivity index (χ3v) is 1.91. The molecule has 0 saturated heterocycles. The van der Waals surface area contributed by atoms with Crippen molar-refractivity contribution in [1.82, 2.24) is 4.98 Å². The standard InChI is InChI=1S/C7H11NS/c1-2-3-4-7-5-9-6-8-7/h5-6H,2-4H2,1H3. The summed E-state index contributed by atoms with van der Waals surface area (Å²) in [7, 11) is 0. The van der Waals surface area contributed by atoms with Crippen LogP contribution >= 0.6 is 11.3 Å². The summed E-state index contributed by atoms with van der Waals surface area (Å²) in [6, 6.07) is 0. The quantitative estimate of drug-likeness (QED) is 0.630. The number of aryl methyl sites for hydroxylation is 1. The number of hydrogen-bond acceptors (Lipinski definition) is 2. The third kappa shape index (κ3) is 2.14. The largest absolute Gasteiger partial charge is 0.250 e. The Balaban J connectivity index is 2.30. The van der Waals surface area contributed by atoms with Crippen molar-refractivity contribution in [3.8, 4) is 0 Å². The Morgan fingerprint density at radius 2 is 2.56 bits per heavy atom. The van der Waals surface area contributed by atoms with Gasteiger partial charge in [0.25, 0.3) is 0 Å². The van der Waals surface area contributed by atoms with E-state index in [1.807, 2.05) is 5.51 Å². The lowest BCUT2D eigenvalue weighted by Crippen LogP contribution is -1.81. The number of rotatable bonds is 3. The molecule has 0 atom stereocenters. The Kier molecular flexibility index (Phi) is 2.71. The Labute approximate surface area is 59.8 Å². The van der Waals surface area contributed by atoms with Crippen molar-refractivity contribution in [2.45, 2.75) is 26.2 Å². The van der Waals surface area contributed by atoms with Crippen LogP contribution in [0.3, 0.4) is 0 Å². The molecule has 0 radical (unpaired) electrons. The average Bonchev–Trinajstić information content (AvgIpc) is 2.34. The Morgan fingerprint density at radius 1 is 1.67 bits per heavy atom. The van der Waals surface area contributed by atoms with E-state index in [2.05, 4.69) is 17.3 Å². The van der Waals surface area contributed by atoms with Crippen LogP contribution in [0.1, 0.15) is 25.5 Å². The molecule has 9 heavy (non-hydrogen) atoms. The van der Waals surface area contributed by atoms with Gasteiger partial charge >= 0.3 is 0 Å². The lowest BCUT2D eigenvalue weighted by Gasteiger charge is -1.89. The van der Waals surface area contributed by atoms with Gasteiger partial charge in [0, 0.05) is 5.38 Å². The second-order valence-electron chi connectivity index (χ2n) is 2.08. The van der Waals surface area contributed by atoms with Gasteiger partial charge in [0.1, 0.15) is 0 Å². The molecular formula is C7H11NS. The minimum absolute atomic E-state index is 1.15. The maximum absolute atomic E-state index is 4.17.